The molecule has 0 spiro atoms. The Morgan fingerprint density at radius 3 is 1.75 bits per heavy atom. The van der Waals surface area contributed by atoms with E-state index in [2.05, 4.69) is 27.6 Å². The molecule has 2 aliphatic heterocycles. The van der Waals surface area contributed by atoms with E-state index in [1.165, 1.54) is 0 Å². The first-order chi connectivity index (χ1) is 20.1. The Balaban J connectivity index is 1.48. The van der Waals surface area contributed by atoms with Gasteiger partial charge in [-0.2, -0.15) is 0 Å². The van der Waals surface area contributed by atoms with Gasteiger partial charge in [-0.1, -0.05) is 0 Å². The Hall–Kier alpha value is -1.37. The van der Waals surface area contributed by atoms with Crippen LogP contribution in [0.1, 0.15) is 12.5 Å². The summed E-state index contributed by atoms with van der Waals surface area (Å²) in [7, 11) is -23.9. The van der Waals surface area contributed by atoms with E-state index in [1.54, 1.807) is 0 Å². The number of phosphoric acid groups is 4. The first-order valence-electron chi connectivity index (χ1n) is 11.5. The third-order valence-corrected chi connectivity index (χ3v) is 10.1. The number of aliphatic hydroxyl groups excluding tert-OH is 4. The zero-order valence-electron chi connectivity index (χ0n) is 21.1. The average Bonchev–Trinajstić information content (AvgIpc) is 3.50. The molecule has 29 heteroatoms. The lowest BCUT2D eigenvalue weighted by atomic mass is 10.1. The number of imidazole rings is 1. The first kappa shape index (κ1) is 35.5. The van der Waals surface area contributed by atoms with Crippen LogP contribution in [0, 0.1) is 5.41 Å². The van der Waals surface area contributed by atoms with E-state index in [1.807, 2.05) is 0 Å². The van der Waals surface area contributed by atoms with Gasteiger partial charge in [-0.3, -0.25) is 28.0 Å². The van der Waals surface area contributed by atoms with Crippen molar-refractivity contribution in [2.24, 2.45) is 0 Å². The van der Waals surface area contributed by atoms with E-state index in [4.69, 9.17) is 14.9 Å². The van der Waals surface area contributed by atoms with Gasteiger partial charge in [0.15, 0.2) is 29.1 Å². The lowest BCUT2D eigenvalue weighted by molar-refractivity contribution is -0.344. The van der Waals surface area contributed by atoms with Crippen molar-refractivity contribution in [2.75, 3.05) is 13.2 Å². The number of rotatable bonds is 12. The van der Waals surface area contributed by atoms with Gasteiger partial charge < -0.3 is 77.4 Å². The van der Waals surface area contributed by atoms with Crippen molar-refractivity contribution in [3.05, 3.63) is 18.1 Å². The van der Waals surface area contributed by atoms with Crippen LogP contribution in [0.25, 0.3) is 11.2 Å². The summed E-state index contributed by atoms with van der Waals surface area (Å²) >= 11 is 0. The molecule has 0 amide bonds. The fraction of sp³-hybridized carbons (Fsp3) is 0.667. The van der Waals surface area contributed by atoms with E-state index >= 15 is 0 Å². The number of hydrogen-bond donors (Lipinski definition) is 5. The number of fused-ring (bicyclic) bond motifs is 1. The summed E-state index contributed by atoms with van der Waals surface area (Å²) in [6.07, 6.45) is -11.8. The molecule has 10 atom stereocenters. The third-order valence-electron chi connectivity index (χ3n) is 5.97. The van der Waals surface area contributed by atoms with Crippen molar-refractivity contribution in [1.29, 1.82) is 5.41 Å². The van der Waals surface area contributed by atoms with Crippen molar-refractivity contribution >= 4 is 42.5 Å². The summed E-state index contributed by atoms with van der Waals surface area (Å²) in [6.45, 7) is -2.16. The van der Waals surface area contributed by atoms with Gasteiger partial charge in [0.05, 0.1) is 35.2 Å². The molecule has 2 aliphatic rings. The van der Waals surface area contributed by atoms with E-state index in [-0.39, 0.29) is 11.2 Å². The van der Waals surface area contributed by atoms with Crippen molar-refractivity contribution < 1.29 is 95.2 Å². The smallest absolute Gasteiger partial charge is 0.278 e. The zero-order chi connectivity index (χ0) is 33.0. The van der Waals surface area contributed by atoms with Crippen molar-refractivity contribution in [2.45, 2.75) is 49.1 Å². The molecule has 44 heavy (non-hydrogen) atoms. The summed E-state index contributed by atoms with van der Waals surface area (Å²) in [5.74, 6) is 0. The van der Waals surface area contributed by atoms with Crippen LogP contribution in [-0.2, 0) is 45.4 Å². The topological polar surface area (TPSA) is 402 Å². The molecule has 250 valence electrons. The summed E-state index contributed by atoms with van der Waals surface area (Å²) in [4.78, 5) is 73.3. The van der Waals surface area contributed by atoms with Gasteiger partial charge in [0.1, 0.15) is 43.0 Å². The summed E-state index contributed by atoms with van der Waals surface area (Å²) in [5.41, 5.74) is -0.964. The van der Waals surface area contributed by atoms with Crippen molar-refractivity contribution in [3.8, 4) is 0 Å². The molecule has 0 radical (unpaired) electrons. The van der Waals surface area contributed by atoms with Crippen molar-refractivity contribution in [3.63, 3.8) is 0 Å². The number of hydrogen-bond acceptors (Lipinski definition) is 23. The monoisotopic (exact) mass is 713 g/mol. The largest absolute Gasteiger partial charge is 0.790 e. The summed E-state index contributed by atoms with van der Waals surface area (Å²) in [6, 6.07) is 0. The van der Waals surface area contributed by atoms with Crippen molar-refractivity contribution in [1.82, 2.24) is 19.1 Å². The van der Waals surface area contributed by atoms with Gasteiger partial charge >= 0.3 is 0 Å². The van der Waals surface area contributed by atoms with Crippen LogP contribution in [0.15, 0.2) is 12.7 Å². The summed E-state index contributed by atoms with van der Waals surface area (Å²) < 4.78 is 71.6. The first-order valence-corrected chi connectivity index (χ1v) is 17.3. The molecule has 0 saturated carbocycles. The van der Waals surface area contributed by atoms with Gasteiger partial charge in [0, 0.05) is 0 Å². The Bertz CT molecular complexity index is 1620. The Kier molecular flexibility index (Phi) is 10.2. The van der Waals surface area contributed by atoms with Crippen LogP contribution in [0.5, 0.6) is 0 Å². The molecule has 2 aromatic rings. The molecule has 2 saturated heterocycles. The van der Waals surface area contributed by atoms with Crippen LogP contribution in [0.3, 0.4) is 0 Å². The summed E-state index contributed by atoms with van der Waals surface area (Å²) in [5, 5.41) is 49.8. The lowest BCUT2D eigenvalue weighted by Gasteiger charge is -2.37. The molecule has 3 unspecified atom stereocenters. The second-order valence-electron chi connectivity index (χ2n) is 8.96. The van der Waals surface area contributed by atoms with E-state index < -0.39 is 99.1 Å². The van der Waals surface area contributed by atoms with Crippen LogP contribution >= 0.6 is 31.3 Å². The number of nitrogens with zero attached hydrogens (tertiary/aromatic N) is 4. The van der Waals surface area contributed by atoms with Crippen LogP contribution in [-0.4, -0.2) is 89.4 Å². The molecule has 5 N–H and O–H groups in total. The molecule has 4 rings (SSSR count). The predicted molar refractivity (Wildman–Crippen MR) is 118 cm³/mol. The maximum absolute atomic E-state index is 11.8. The normalized spacial score (nSPS) is 32.6. The Morgan fingerprint density at radius 1 is 0.727 bits per heavy atom. The minimum absolute atomic E-state index is 0.197. The molecule has 2 aromatic heterocycles. The molecule has 25 nitrogen and oxygen atoms in total. The van der Waals surface area contributed by atoms with Gasteiger partial charge in [-0.25, -0.2) is 14.3 Å². The molecular weight excluding hydrogens is 694 g/mol. The molecule has 2 fully saturated rings. The maximum Gasteiger partial charge on any atom is 0.278 e. The number of aromatic nitrogens is 4. The number of nitrogens with one attached hydrogen (secondary N) is 1. The quantitative estimate of drug-likeness (QED) is 0.127. The highest BCUT2D eigenvalue weighted by Gasteiger charge is 2.46. The van der Waals surface area contributed by atoms with Crippen LogP contribution < -0.4 is 34.8 Å². The van der Waals surface area contributed by atoms with E-state index in [0.29, 0.717) is 0 Å². The number of aliphatic hydroxyl groups is 4. The fourth-order valence-corrected chi connectivity index (χ4v) is 7.33. The highest BCUT2D eigenvalue weighted by atomic mass is 31.3. The zero-order valence-corrected chi connectivity index (χ0v) is 24.7. The SMILES string of the molecule is N=c1c2ncn([C@@H]3O[C@H](COP(=O)([O-])OP(=O)([O-])OP(=O)([O-])[O-])[C@@H](O)[C@H]3O)c2ncn1C1O[C@H](COP(=O)([O-])[O-])[C@@H](O)[C@H]1O. The third kappa shape index (κ3) is 8.12. The average molecular weight is 713 g/mol. The van der Waals surface area contributed by atoms with Gasteiger partial charge in [0.2, 0.25) is 0 Å². The molecule has 0 aliphatic carbocycles. The van der Waals surface area contributed by atoms with Gasteiger partial charge in [-0.05, 0) is 0 Å². The van der Waals surface area contributed by atoms with Crippen LogP contribution in [0.4, 0.5) is 0 Å². The Morgan fingerprint density at radius 2 is 1.23 bits per heavy atom. The predicted octanol–water partition coefficient (Wildman–Crippen LogP) is -7.39. The highest BCUT2D eigenvalue weighted by molar-refractivity contribution is 7.64. The fourth-order valence-electron chi connectivity index (χ4n) is 4.13. The minimum atomic E-state index is -6.25. The van der Waals surface area contributed by atoms with Gasteiger partial charge in [0.25, 0.3) is 15.6 Å². The van der Waals surface area contributed by atoms with E-state index in [9.17, 15) is 68.0 Å². The molecule has 0 bridgehead atoms. The molecule has 4 heterocycles. The number of phosphoric ester groups is 2. The highest BCUT2D eigenvalue weighted by Crippen LogP contribution is 2.60. The second-order valence-corrected chi connectivity index (χ2v) is 14.4. The second kappa shape index (κ2) is 12.7. The minimum Gasteiger partial charge on any atom is -0.790 e. The Labute approximate surface area is 243 Å². The number of ether oxygens (including phenoxy) is 2. The van der Waals surface area contributed by atoms with Gasteiger partial charge in [-0.15, -0.1) is 0 Å². The standard InChI is InChI=1S/C15H25N5O20P4/c16-12-7-13(18-4-19(12)14-10(23)8(21)5(37-14)1-35-41(25,26)27)20(3-17-7)15-11(24)9(22)6(38-15)2-36-43(31,32)40-44(33,34)39-42(28,29)30/h3-6,8-11,14-16,21-24H,1-2H2,(H,31,32)(H,33,34)(H2,25,26,27)(H2,28,29,30)/p-6/t5-,6-,8-,9-,10-,11-,14?,15-/m1/s1. The maximum atomic E-state index is 11.8. The van der Waals surface area contributed by atoms with Crippen LogP contribution in [0.2, 0.25) is 0 Å². The molecular formula is C15H19N5O20P4-6. The lowest BCUT2D eigenvalue weighted by Crippen LogP contribution is -2.36. The molecule has 0 aromatic carbocycles. The van der Waals surface area contributed by atoms with E-state index in [0.717, 1.165) is 21.8 Å².